The van der Waals surface area contributed by atoms with Gasteiger partial charge in [-0.15, -0.1) is 0 Å². The molecule has 0 aromatic carbocycles. The minimum atomic E-state index is -0.310. The van der Waals surface area contributed by atoms with Crippen molar-refractivity contribution in [2.75, 3.05) is 25.5 Å². The minimum Gasteiger partial charge on any atom is -0.392 e. The molecule has 0 spiro atoms. The van der Waals surface area contributed by atoms with Gasteiger partial charge in [-0.3, -0.25) is 0 Å². The number of nitrogens with zero attached hydrogens (tertiary/aromatic N) is 3. The number of nitrogens with one attached hydrogen (secondary N) is 1. The van der Waals surface area contributed by atoms with Gasteiger partial charge in [-0.25, -0.2) is 0 Å². The van der Waals surface area contributed by atoms with E-state index >= 15 is 0 Å². The summed E-state index contributed by atoms with van der Waals surface area (Å²) in [7, 11) is 3.71. The maximum Gasteiger partial charge on any atom is 0.265 e. The van der Waals surface area contributed by atoms with Crippen LogP contribution < -0.4 is 10.2 Å². The average Bonchev–Trinajstić information content (AvgIpc) is 2.70. The van der Waals surface area contributed by atoms with Gasteiger partial charge in [0.05, 0.1) is 12.1 Å². The molecule has 0 amide bonds. The number of aromatic nitrogens is 2. The van der Waals surface area contributed by atoms with Gasteiger partial charge in [0.2, 0.25) is 5.89 Å². The third kappa shape index (κ3) is 1.71. The van der Waals surface area contributed by atoms with Crippen LogP contribution in [0, 0.1) is 0 Å². The third-order valence-corrected chi connectivity index (χ3v) is 2.24. The van der Waals surface area contributed by atoms with Crippen molar-refractivity contribution in [3.63, 3.8) is 0 Å². The summed E-state index contributed by atoms with van der Waals surface area (Å²) >= 11 is 0. The zero-order valence-corrected chi connectivity index (χ0v) is 8.27. The van der Waals surface area contributed by atoms with Gasteiger partial charge in [-0.2, -0.15) is 4.98 Å². The van der Waals surface area contributed by atoms with Gasteiger partial charge < -0.3 is 19.8 Å². The standard InChI is InChI=1S/C8H14N4O2/c1-12(2)8-10-7(14-11-8)6-3-5(13)4-9-6/h5-6,9,13H,3-4H2,1-2H3. The summed E-state index contributed by atoms with van der Waals surface area (Å²) in [6.45, 7) is 0.588. The number of aliphatic hydroxyl groups is 1. The van der Waals surface area contributed by atoms with Crippen molar-refractivity contribution in [2.45, 2.75) is 18.6 Å². The summed E-state index contributed by atoms with van der Waals surface area (Å²) in [5, 5.41) is 16.2. The molecule has 1 aromatic heterocycles. The van der Waals surface area contributed by atoms with E-state index in [-0.39, 0.29) is 12.1 Å². The molecule has 1 aliphatic heterocycles. The van der Waals surface area contributed by atoms with E-state index < -0.39 is 0 Å². The Balaban J connectivity index is 2.09. The number of aliphatic hydroxyl groups excluding tert-OH is 1. The average molecular weight is 198 g/mol. The molecule has 0 aliphatic carbocycles. The molecule has 14 heavy (non-hydrogen) atoms. The van der Waals surface area contributed by atoms with E-state index in [1.165, 1.54) is 0 Å². The van der Waals surface area contributed by atoms with Crippen molar-refractivity contribution in [2.24, 2.45) is 0 Å². The Labute approximate surface area is 81.9 Å². The van der Waals surface area contributed by atoms with Crippen LogP contribution in [0.4, 0.5) is 5.95 Å². The highest BCUT2D eigenvalue weighted by Crippen LogP contribution is 2.22. The molecule has 1 aliphatic rings. The zero-order valence-electron chi connectivity index (χ0n) is 8.27. The van der Waals surface area contributed by atoms with E-state index in [4.69, 9.17) is 4.52 Å². The molecule has 1 saturated heterocycles. The number of hydrogen-bond donors (Lipinski definition) is 2. The van der Waals surface area contributed by atoms with E-state index in [2.05, 4.69) is 15.5 Å². The van der Waals surface area contributed by atoms with Crippen LogP contribution in [0.5, 0.6) is 0 Å². The molecular formula is C8H14N4O2. The maximum absolute atomic E-state index is 9.31. The summed E-state index contributed by atoms with van der Waals surface area (Å²) in [4.78, 5) is 5.98. The Morgan fingerprint density at radius 3 is 2.86 bits per heavy atom. The summed E-state index contributed by atoms with van der Waals surface area (Å²) in [6, 6.07) is -0.00815. The Kier molecular flexibility index (Phi) is 2.39. The van der Waals surface area contributed by atoms with E-state index in [9.17, 15) is 5.11 Å². The number of anilines is 1. The number of rotatable bonds is 2. The van der Waals surface area contributed by atoms with Crippen molar-refractivity contribution in [1.82, 2.24) is 15.5 Å². The van der Waals surface area contributed by atoms with Gasteiger partial charge in [-0.05, 0) is 11.6 Å². The van der Waals surface area contributed by atoms with Gasteiger partial charge in [0.1, 0.15) is 0 Å². The van der Waals surface area contributed by atoms with Crippen molar-refractivity contribution < 1.29 is 9.63 Å². The van der Waals surface area contributed by atoms with Gasteiger partial charge in [0.15, 0.2) is 0 Å². The zero-order chi connectivity index (χ0) is 10.1. The molecule has 2 atom stereocenters. The first-order chi connectivity index (χ1) is 6.66. The second-order valence-corrected chi connectivity index (χ2v) is 3.68. The topological polar surface area (TPSA) is 74.4 Å². The fourth-order valence-corrected chi connectivity index (χ4v) is 1.46. The fraction of sp³-hybridized carbons (Fsp3) is 0.750. The molecule has 0 bridgehead atoms. The van der Waals surface area contributed by atoms with E-state index in [0.717, 1.165) is 0 Å². The highest BCUT2D eigenvalue weighted by molar-refractivity contribution is 5.24. The predicted octanol–water partition coefficient (Wildman–Crippen LogP) is -0.469. The largest absolute Gasteiger partial charge is 0.392 e. The van der Waals surface area contributed by atoms with Crippen molar-refractivity contribution >= 4 is 5.95 Å². The van der Waals surface area contributed by atoms with Crippen molar-refractivity contribution in [3.8, 4) is 0 Å². The molecule has 2 heterocycles. The van der Waals surface area contributed by atoms with Crippen molar-refractivity contribution in [1.29, 1.82) is 0 Å². The Bertz CT molecular complexity index is 312. The molecule has 2 unspecified atom stereocenters. The molecule has 0 radical (unpaired) electrons. The monoisotopic (exact) mass is 198 g/mol. The second kappa shape index (κ2) is 3.55. The lowest BCUT2D eigenvalue weighted by Gasteiger charge is -2.04. The van der Waals surface area contributed by atoms with Crippen LogP contribution in [0.15, 0.2) is 4.52 Å². The summed E-state index contributed by atoms with van der Waals surface area (Å²) < 4.78 is 5.08. The minimum absolute atomic E-state index is 0.00815. The lowest BCUT2D eigenvalue weighted by atomic mass is 10.2. The highest BCUT2D eigenvalue weighted by atomic mass is 16.5. The fourth-order valence-electron chi connectivity index (χ4n) is 1.46. The van der Waals surface area contributed by atoms with Crippen LogP contribution in [-0.2, 0) is 0 Å². The van der Waals surface area contributed by atoms with Gasteiger partial charge in [0, 0.05) is 20.6 Å². The van der Waals surface area contributed by atoms with Crippen LogP contribution in [0.25, 0.3) is 0 Å². The van der Waals surface area contributed by atoms with Crippen LogP contribution in [0.1, 0.15) is 18.4 Å². The molecule has 1 aromatic rings. The Hall–Kier alpha value is -1.14. The smallest absolute Gasteiger partial charge is 0.265 e. The van der Waals surface area contributed by atoms with E-state index in [0.29, 0.717) is 24.8 Å². The molecule has 0 saturated carbocycles. The van der Waals surface area contributed by atoms with E-state index in [1.807, 2.05) is 14.1 Å². The summed E-state index contributed by atoms with van der Waals surface area (Å²) in [5.74, 6) is 1.11. The molecule has 2 N–H and O–H groups in total. The molecular weight excluding hydrogens is 184 g/mol. The van der Waals surface area contributed by atoms with Crippen LogP contribution >= 0.6 is 0 Å². The van der Waals surface area contributed by atoms with E-state index in [1.54, 1.807) is 4.90 Å². The molecule has 78 valence electrons. The molecule has 2 rings (SSSR count). The first-order valence-corrected chi connectivity index (χ1v) is 4.59. The van der Waals surface area contributed by atoms with Crippen LogP contribution in [0.3, 0.4) is 0 Å². The quantitative estimate of drug-likeness (QED) is 0.669. The predicted molar refractivity (Wildman–Crippen MR) is 50.0 cm³/mol. The van der Waals surface area contributed by atoms with Crippen molar-refractivity contribution in [3.05, 3.63) is 5.89 Å². The normalized spacial score (nSPS) is 26.8. The first kappa shape index (κ1) is 9.42. The number of β-amino-alcohol motifs (C(OH)–C–C–N with tert-alkyl or cyclic N) is 1. The van der Waals surface area contributed by atoms with Crippen LogP contribution in [-0.4, -0.2) is 42.0 Å². The molecule has 1 fully saturated rings. The highest BCUT2D eigenvalue weighted by Gasteiger charge is 2.28. The lowest BCUT2D eigenvalue weighted by Crippen LogP contribution is -2.15. The molecule has 6 heteroatoms. The Morgan fingerprint density at radius 1 is 1.57 bits per heavy atom. The van der Waals surface area contributed by atoms with Gasteiger partial charge >= 0.3 is 0 Å². The molecule has 6 nitrogen and oxygen atoms in total. The third-order valence-electron chi connectivity index (χ3n) is 2.24. The maximum atomic E-state index is 9.31. The first-order valence-electron chi connectivity index (χ1n) is 4.59. The lowest BCUT2D eigenvalue weighted by molar-refractivity contribution is 0.191. The van der Waals surface area contributed by atoms with Gasteiger partial charge in [0.25, 0.3) is 5.95 Å². The number of hydrogen-bond acceptors (Lipinski definition) is 6. The second-order valence-electron chi connectivity index (χ2n) is 3.68. The summed E-state index contributed by atoms with van der Waals surface area (Å²) in [6.07, 6.45) is 0.324. The van der Waals surface area contributed by atoms with Crippen LogP contribution in [0.2, 0.25) is 0 Å². The SMILES string of the molecule is CN(C)c1noc(C2CC(O)CN2)n1. The van der Waals surface area contributed by atoms with Gasteiger partial charge in [-0.1, -0.05) is 0 Å². The Morgan fingerprint density at radius 2 is 2.36 bits per heavy atom. The summed E-state index contributed by atoms with van der Waals surface area (Å²) in [5.41, 5.74) is 0.